The zero-order valence-electron chi connectivity index (χ0n) is 15.3. The Balaban J connectivity index is 1.84. The smallest absolute Gasteiger partial charge is 0.310 e. The fourth-order valence-corrected chi connectivity index (χ4v) is 2.69. The first-order valence-corrected chi connectivity index (χ1v) is 8.40. The van der Waals surface area contributed by atoms with E-state index in [1.165, 1.54) is 21.3 Å². The lowest BCUT2D eigenvalue weighted by atomic mass is 10.1. The van der Waals surface area contributed by atoms with Gasteiger partial charge < -0.3 is 29.0 Å². The molecule has 1 amide bonds. The van der Waals surface area contributed by atoms with Gasteiger partial charge in [0.1, 0.15) is 0 Å². The van der Waals surface area contributed by atoms with E-state index in [0.717, 1.165) is 19.4 Å². The van der Waals surface area contributed by atoms with Gasteiger partial charge in [0.05, 0.1) is 33.9 Å². The molecule has 0 radical (unpaired) electrons. The molecule has 0 aliphatic carbocycles. The van der Waals surface area contributed by atoms with Crippen molar-refractivity contribution in [3.8, 4) is 17.2 Å². The van der Waals surface area contributed by atoms with Crippen LogP contribution in [0.3, 0.4) is 0 Å². The summed E-state index contributed by atoms with van der Waals surface area (Å²) >= 11 is 0. The number of carbonyl (C=O) groups excluding carboxylic acids is 2. The predicted octanol–water partition coefficient (Wildman–Crippen LogP) is 1.09. The molecule has 1 aromatic carbocycles. The third-order valence-electron chi connectivity index (χ3n) is 3.99. The zero-order valence-corrected chi connectivity index (χ0v) is 15.3. The summed E-state index contributed by atoms with van der Waals surface area (Å²) in [6.45, 7) is 0.837. The first kappa shape index (κ1) is 19.8. The van der Waals surface area contributed by atoms with Gasteiger partial charge in [0.25, 0.3) is 5.91 Å². The van der Waals surface area contributed by atoms with Gasteiger partial charge in [-0.05, 0) is 30.5 Å². The van der Waals surface area contributed by atoms with E-state index in [1.807, 2.05) is 0 Å². The van der Waals surface area contributed by atoms with Crippen LogP contribution in [0.25, 0.3) is 0 Å². The molecule has 2 rings (SSSR count). The van der Waals surface area contributed by atoms with Crippen molar-refractivity contribution < 1.29 is 33.3 Å². The molecule has 8 nitrogen and oxygen atoms in total. The van der Waals surface area contributed by atoms with Crippen molar-refractivity contribution in [3.05, 3.63) is 17.7 Å². The molecule has 0 saturated carbocycles. The van der Waals surface area contributed by atoms with Crippen molar-refractivity contribution in [2.75, 3.05) is 41.1 Å². The highest BCUT2D eigenvalue weighted by atomic mass is 16.5. The van der Waals surface area contributed by atoms with Crippen molar-refractivity contribution in [1.82, 2.24) is 5.32 Å². The number of ether oxygens (including phenoxy) is 5. The average Bonchev–Trinajstić information content (AvgIpc) is 3.17. The number of hydrogen-bond donors (Lipinski definition) is 1. The molecular weight excluding hydrogens is 342 g/mol. The monoisotopic (exact) mass is 367 g/mol. The molecule has 0 aromatic heterocycles. The highest BCUT2D eigenvalue weighted by Crippen LogP contribution is 2.38. The molecule has 1 atom stereocenters. The Kier molecular flexibility index (Phi) is 7.53. The summed E-state index contributed by atoms with van der Waals surface area (Å²) < 4.78 is 26.2. The molecule has 1 saturated heterocycles. The SMILES string of the molecule is COc1cc(CC(=O)OCC(=O)NC[C@@H]2CCCO2)cc(OC)c1OC. The Hall–Kier alpha value is -2.48. The Morgan fingerprint density at radius 3 is 2.38 bits per heavy atom. The molecule has 8 heteroatoms. The minimum Gasteiger partial charge on any atom is -0.493 e. The van der Waals surface area contributed by atoms with Gasteiger partial charge in [-0.3, -0.25) is 9.59 Å². The number of hydrogen-bond acceptors (Lipinski definition) is 7. The normalized spacial score (nSPS) is 16.0. The number of esters is 1. The molecule has 1 N–H and O–H groups in total. The Labute approximate surface area is 152 Å². The van der Waals surface area contributed by atoms with E-state index in [0.29, 0.717) is 29.4 Å². The van der Waals surface area contributed by atoms with Crippen molar-refractivity contribution in [2.24, 2.45) is 0 Å². The van der Waals surface area contributed by atoms with Gasteiger partial charge in [-0.2, -0.15) is 0 Å². The first-order valence-electron chi connectivity index (χ1n) is 8.40. The highest BCUT2D eigenvalue weighted by molar-refractivity contribution is 5.81. The molecule has 0 spiro atoms. The molecule has 0 unspecified atom stereocenters. The van der Waals surface area contributed by atoms with E-state index in [1.54, 1.807) is 12.1 Å². The van der Waals surface area contributed by atoms with E-state index >= 15 is 0 Å². The van der Waals surface area contributed by atoms with E-state index in [-0.39, 0.29) is 25.0 Å². The summed E-state index contributed by atoms with van der Waals surface area (Å²) in [5.74, 6) is 0.471. The molecule has 1 heterocycles. The largest absolute Gasteiger partial charge is 0.493 e. The summed E-state index contributed by atoms with van der Waals surface area (Å²) in [4.78, 5) is 23.7. The molecule has 1 aliphatic heterocycles. The first-order chi connectivity index (χ1) is 12.6. The Morgan fingerprint density at radius 1 is 1.15 bits per heavy atom. The minimum atomic E-state index is -0.522. The van der Waals surface area contributed by atoms with Crippen LogP contribution in [0.1, 0.15) is 18.4 Å². The number of nitrogens with one attached hydrogen (secondary N) is 1. The summed E-state index contributed by atoms with van der Waals surface area (Å²) in [5.41, 5.74) is 0.629. The summed E-state index contributed by atoms with van der Waals surface area (Å²) in [5, 5.41) is 2.70. The van der Waals surface area contributed by atoms with Gasteiger partial charge in [0.2, 0.25) is 5.75 Å². The van der Waals surface area contributed by atoms with E-state index in [4.69, 9.17) is 23.7 Å². The van der Waals surface area contributed by atoms with Gasteiger partial charge >= 0.3 is 5.97 Å². The van der Waals surface area contributed by atoms with Crippen LogP contribution in [0, 0.1) is 0 Å². The topological polar surface area (TPSA) is 92.3 Å². The Morgan fingerprint density at radius 2 is 1.85 bits per heavy atom. The molecular formula is C18H25NO7. The lowest BCUT2D eigenvalue weighted by Gasteiger charge is -2.14. The summed E-state index contributed by atoms with van der Waals surface area (Å²) in [6.07, 6.45) is 1.97. The third-order valence-corrected chi connectivity index (χ3v) is 3.99. The maximum atomic E-state index is 12.0. The second-order valence-corrected chi connectivity index (χ2v) is 5.81. The lowest BCUT2D eigenvalue weighted by Crippen LogP contribution is -2.35. The fourth-order valence-electron chi connectivity index (χ4n) is 2.69. The van der Waals surface area contributed by atoms with Gasteiger partial charge in [-0.25, -0.2) is 0 Å². The second-order valence-electron chi connectivity index (χ2n) is 5.81. The maximum absolute atomic E-state index is 12.0. The van der Waals surface area contributed by atoms with Crippen molar-refractivity contribution >= 4 is 11.9 Å². The molecule has 1 fully saturated rings. The van der Waals surface area contributed by atoms with Crippen LogP contribution in [-0.2, 0) is 25.5 Å². The minimum absolute atomic E-state index is 0.0181. The molecule has 1 aromatic rings. The maximum Gasteiger partial charge on any atom is 0.310 e. The number of carbonyl (C=O) groups is 2. The zero-order chi connectivity index (χ0) is 18.9. The summed E-state index contributed by atoms with van der Waals surface area (Å²) in [7, 11) is 4.50. The van der Waals surface area contributed by atoms with Crippen molar-refractivity contribution in [1.29, 1.82) is 0 Å². The van der Waals surface area contributed by atoms with Gasteiger partial charge in [0, 0.05) is 13.2 Å². The molecule has 26 heavy (non-hydrogen) atoms. The molecule has 144 valence electrons. The van der Waals surface area contributed by atoms with Crippen LogP contribution in [-0.4, -0.2) is 59.1 Å². The average molecular weight is 367 g/mol. The van der Waals surface area contributed by atoms with Crippen LogP contribution >= 0.6 is 0 Å². The predicted molar refractivity (Wildman–Crippen MR) is 92.7 cm³/mol. The van der Waals surface area contributed by atoms with Crippen LogP contribution in [0.5, 0.6) is 17.2 Å². The molecule has 1 aliphatic rings. The quantitative estimate of drug-likeness (QED) is 0.653. The van der Waals surface area contributed by atoms with E-state index in [2.05, 4.69) is 5.32 Å². The molecule has 0 bridgehead atoms. The van der Waals surface area contributed by atoms with Crippen LogP contribution < -0.4 is 19.5 Å². The van der Waals surface area contributed by atoms with Crippen LogP contribution in [0.15, 0.2) is 12.1 Å². The standard InChI is InChI=1S/C18H25NO7/c1-22-14-7-12(8-15(23-2)18(14)24-3)9-17(21)26-11-16(20)19-10-13-5-4-6-25-13/h7-8,13H,4-6,9-11H2,1-3H3,(H,19,20)/t13-/m0/s1. The number of benzene rings is 1. The van der Waals surface area contributed by atoms with E-state index in [9.17, 15) is 9.59 Å². The third kappa shape index (κ3) is 5.52. The fraction of sp³-hybridized carbons (Fsp3) is 0.556. The van der Waals surface area contributed by atoms with Crippen LogP contribution in [0.4, 0.5) is 0 Å². The lowest BCUT2D eigenvalue weighted by molar-refractivity contribution is -0.148. The van der Waals surface area contributed by atoms with Gasteiger partial charge in [0.15, 0.2) is 18.1 Å². The van der Waals surface area contributed by atoms with Gasteiger partial charge in [-0.15, -0.1) is 0 Å². The van der Waals surface area contributed by atoms with Gasteiger partial charge in [-0.1, -0.05) is 0 Å². The highest BCUT2D eigenvalue weighted by Gasteiger charge is 2.18. The van der Waals surface area contributed by atoms with Crippen molar-refractivity contribution in [2.45, 2.75) is 25.4 Å². The number of methoxy groups -OCH3 is 3. The van der Waals surface area contributed by atoms with Crippen LogP contribution in [0.2, 0.25) is 0 Å². The van der Waals surface area contributed by atoms with E-state index < -0.39 is 5.97 Å². The second kappa shape index (κ2) is 9.86. The summed E-state index contributed by atoms with van der Waals surface area (Å²) in [6, 6.07) is 3.33. The Bertz CT molecular complexity index is 601. The number of rotatable bonds is 9. The van der Waals surface area contributed by atoms with Crippen molar-refractivity contribution in [3.63, 3.8) is 0 Å². The number of amides is 1.